The van der Waals surface area contributed by atoms with Gasteiger partial charge >= 0.3 is 0 Å². The minimum atomic E-state index is -0.880. The zero-order valence-electron chi connectivity index (χ0n) is 10.3. The summed E-state index contributed by atoms with van der Waals surface area (Å²) in [6.45, 7) is 2.48. The lowest BCUT2D eigenvalue weighted by atomic mass is 10.2. The predicted molar refractivity (Wildman–Crippen MR) is 67.7 cm³/mol. The first-order valence-corrected chi connectivity index (χ1v) is 5.84. The van der Waals surface area contributed by atoms with Gasteiger partial charge in [-0.2, -0.15) is 0 Å². The number of hydrogen-bond donors (Lipinski definition) is 0. The van der Waals surface area contributed by atoms with Crippen molar-refractivity contribution in [2.45, 2.75) is 13.5 Å². The highest BCUT2D eigenvalue weighted by atomic mass is 19.2. The fourth-order valence-electron chi connectivity index (χ4n) is 2.08. The van der Waals surface area contributed by atoms with Gasteiger partial charge in [-0.05, 0) is 18.1 Å². The first kappa shape index (κ1) is 11.8. The molecule has 96 valence electrons. The van der Waals surface area contributed by atoms with Crippen LogP contribution in [0, 0.1) is 18.6 Å². The van der Waals surface area contributed by atoms with E-state index in [0.717, 1.165) is 17.2 Å². The monoisotopic (exact) mass is 259 g/mol. The highest BCUT2D eigenvalue weighted by molar-refractivity contribution is 5.75. The summed E-state index contributed by atoms with van der Waals surface area (Å²) in [7, 11) is 0. The Morgan fingerprint density at radius 3 is 2.68 bits per heavy atom. The molecular formula is C14H11F2N3. The first-order valence-electron chi connectivity index (χ1n) is 5.84. The van der Waals surface area contributed by atoms with Crippen LogP contribution in [0.3, 0.4) is 0 Å². The Balaban J connectivity index is 2.04. The molecule has 3 rings (SSSR count). The molecule has 0 atom stereocenters. The van der Waals surface area contributed by atoms with E-state index in [1.54, 1.807) is 23.3 Å². The normalized spacial score (nSPS) is 11.1. The van der Waals surface area contributed by atoms with Crippen molar-refractivity contribution in [3.63, 3.8) is 0 Å². The maximum atomic E-state index is 13.3. The number of imidazole rings is 1. The zero-order valence-corrected chi connectivity index (χ0v) is 10.3. The van der Waals surface area contributed by atoms with Crippen LogP contribution in [0.15, 0.2) is 36.9 Å². The minimum Gasteiger partial charge on any atom is -0.326 e. The van der Waals surface area contributed by atoms with Crippen molar-refractivity contribution in [1.82, 2.24) is 14.5 Å². The zero-order chi connectivity index (χ0) is 13.4. The van der Waals surface area contributed by atoms with Crippen LogP contribution in [0.2, 0.25) is 0 Å². The van der Waals surface area contributed by atoms with Crippen LogP contribution in [-0.2, 0) is 6.54 Å². The fourth-order valence-corrected chi connectivity index (χ4v) is 2.08. The Morgan fingerprint density at radius 2 is 1.89 bits per heavy atom. The van der Waals surface area contributed by atoms with Gasteiger partial charge in [0.2, 0.25) is 0 Å². The van der Waals surface area contributed by atoms with Crippen molar-refractivity contribution < 1.29 is 8.78 Å². The number of aromatic nitrogens is 3. The third-order valence-electron chi connectivity index (χ3n) is 2.95. The Bertz CT molecular complexity index is 750. The van der Waals surface area contributed by atoms with Gasteiger partial charge in [-0.1, -0.05) is 6.07 Å². The van der Waals surface area contributed by atoms with Crippen LogP contribution in [0.1, 0.15) is 11.1 Å². The lowest BCUT2D eigenvalue weighted by molar-refractivity contribution is 0.510. The molecule has 0 bridgehead atoms. The number of hydrogen-bond acceptors (Lipinski definition) is 2. The van der Waals surface area contributed by atoms with Crippen LogP contribution >= 0.6 is 0 Å². The number of aryl methyl sites for hydroxylation is 1. The van der Waals surface area contributed by atoms with Gasteiger partial charge in [-0.15, -0.1) is 0 Å². The number of fused-ring (bicyclic) bond motifs is 1. The van der Waals surface area contributed by atoms with Crippen LogP contribution in [0.4, 0.5) is 8.78 Å². The fraction of sp³-hybridized carbons (Fsp3) is 0.143. The second kappa shape index (κ2) is 4.42. The topological polar surface area (TPSA) is 30.7 Å². The maximum absolute atomic E-state index is 13.3. The third kappa shape index (κ3) is 2.19. The average Bonchev–Trinajstić information content (AvgIpc) is 2.73. The largest absolute Gasteiger partial charge is 0.326 e. The van der Waals surface area contributed by atoms with Gasteiger partial charge in [-0.25, -0.2) is 13.8 Å². The van der Waals surface area contributed by atoms with E-state index in [4.69, 9.17) is 0 Å². The lowest BCUT2D eigenvalue weighted by Crippen LogP contribution is -1.99. The molecule has 19 heavy (non-hydrogen) atoms. The molecule has 0 aliphatic rings. The van der Waals surface area contributed by atoms with E-state index in [0.29, 0.717) is 17.6 Å². The molecule has 0 saturated heterocycles. The van der Waals surface area contributed by atoms with Crippen LogP contribution < -0.4 is 0 Å². The number of benzene rings is 1. The molecule has 0 aliphatic heterocycles. The summed E-state index contributed by atoms with van der Waals surface area (Å²) in [6, 6.07) is 4.27. The summed E-state index contributed by atoms with van der Waals surface area (Å²) in [6.07, 6.45) is 5.09. The molecule has 0 radical (unpaired) electrons. The van der Waals surface area contributed by atoms with Gasteiger partial charge in [0.15, 0.2) is 11.6 Å². The smallest absolute Gasteiger partial charge is 0.161 e. The summed E-state index contributed by atoms with van der Waals surface area (Å²) >= 11 is 0. The molecule has 3 nitrogen and oxygen atoms in total. The lowest BCUT2D eigenvalue weighted by Gasteiger charge is -2.05. The predicted octanol–water partition coefficient (Wildman–Crippen LogP) is 3.07. The molecule has 2 aromatic heterocycles. The minimum absolute atomic E-state index is 0.444. The SMILES string of the molecule is Cc1cncc(Cn2cnc3cc(F)c(F)cc32)c1. The molecule has 0 N–H and O–H groups in total. The van der Waals surface area contributed by atoms with E-state index in [1.165, 1.54) is 6.07 Å². The van der Waals surface area contributed by atoms with Gasteiger partial charge in [0.1, 0.15) is 0 Å². The van der Waals surface area contributed by atoms with E-state index in [1.807, 2.05) is 13.0 Å². The van der Waals surface area contributed by atoms with Crippen molar-refractivity contribution >= 4 is 11.0 Å². The van der Waals surface area contributed by atoms with Crippen molar-refractivity contribution in [1.29, 1.82) is 0 Å². The second-order valence-corrected chi connectivity index (χ2v) is 4.50. The van der Waals surface area contributed by atoms with E-state index in [9.17, 15) is 8.78 Å². The summed E-state index contributed by atoms with van der Waals surface area (Å²) in [4.78, 5) is 8.18. The van der Waals surface area contributed by atoms with Crippen LogP contribution in [-0.4, -0.2) is 14.5 Å². The average molecular weight is 259 g/mol. The van der Waals surface area contributed by atoms with Crippen LogP contribution in [0.5, 0.6) is 0 Å². The molecule has 0 spiro atoms. The molecule has 0 fully saturated rings. The second-order valence-electron chi connectivity index (χ2n) is 4.50. The maximum Gasteiger partial charge on any atom is 0.161 e. The molecule has 0 amide bonds. The Morgan fingerprint density at radius 1 is 1.11 bits per heavy atom. The number of nitrogens with zero attached hydrogens (tertiary/aromatic N) is 3. The molecule has 3 aromatic rings. The van der Waals surface area contributed by atoms with E-state index < -0.39 is 11.6 Å². The van der Waals surface area contributed by atoms with Crippen molar-refractivity contribution in [3.8, 4) is 0 Å². The number of pyridine rings is 1. The quantitative estimate of drug-likeness (QED) is 0.708. The summed E-state index contributed by atoms with van der Waals surface area (Å²) < 4.78 is 28.2. The van der Waals surface area contributed by atoms with Gasteiger partial charge in [0, 0.05) is 24.5 Å². The molecule has 0 saturated carbocycles. The first-order chi connectivity index (χ1) is 9.13. The molecule has 0 unspecified atom stereocenters. The van der Waals surface area contributed by atoms with E-state index in [2.05, 4.69) is 9.97 Å². The third-order valence-corrected chi connectivity index (χ3v) is 2.95. The summed E-state index contributed by atoms with van der Waals surface area (Å²) in [5.74, 6) is -1.74. The standard InChI is InChI=1S/C14H11F2N3/c1-9-2-10(6-17-5-9)7-19-8-18-13-3-11(15)12(16)4-14(13)19/h2-6,8H,7H2,1H3. The van der Waals surface area contributed by atoms with Crippen molar-refractivity contribution in [3.05, 3.63) is 59.7 Å². The van der Waals surface area contributed by atoms with E-state index in [-0.39, 0.29) is 0 Å². The molecule has 1 aromatic carbocycles. The number of rotatable bonds is 2. The van der Waals surface area contributed by atoms with Gasteiger partial charge in [-0.3, -0.25) is 4.98 Å². The highest BCUT2D eigenvalue weighted by Gasteiger charge is 2.09. The molecular weight excluding hydrogens is 248 g/mol. The Labute approximate surface area is 108 Å². The van der Waals surface area contributed by atoms with Crippen molar-refractivity contribution in [2.24, 2.45) is 0 Å². The molecule has 2 heterocycles. The highest BCUT2D eigenvalue weighted by Crippen LogP contribution is 2.18. The Kier molecular flexibility index (Phi) is 2.74. The Hall–Kier alpha value is -2.30. The molecule has 5 heteroatoms. The van der Waals surface area contributed by atoms with Crippen LogP contribution in [0.25, 0.3) is 11.0 Å². The van der Waals surface area contributed by atoms with E-state index >= 15 is 0 Å². The number of halogens is 2. The summed E-state index contributed by atoms with van der Waals surface area (Å²) in [5.41, 5.74) is 3.06. The van der Waals surface area contributed by atoms with Gasteiger partial charge in [0.25, 0.3) is 0 Å². The van der Waals surface area contributed by atoms with Gasteiger partial charge < -0.3 is 4.57 Å². The molecule has 0 aliphatic carbocycles. The summed E-state index contributed by atoms with van der Waals surface area (Å²) in [5, 5.41) is 0. The van der Waals surface area contributed by atoms with Gasteiger partial charge in [0.05, 0.1) is 23.9 Å². The van der Waals surface area contributed by atoms with Crippen molar-refractivity contribution in [2.75, 3.05) is 0 Å².